The summed E-state index contributed by atoms with van der Waals surface area (Å²) in [6.07, 6.45) is 0. The average Bonchev–Trinajstić information content (AvgIpc) is 2.52. The van der Waals surface area contributed by atoms with Crippen molar-refractivity contribution in [3.8, 4) is 5.75 Å². The van der Waals surface area contributed by atoms with Gasteiger partial charge in [-0.3, -0.25) is 20.4 Å². The minimum atomic E-state index is -0.684. The monoisotopic (exact) mass is 366 g/mol. The van der Waals surface area contributed by atoms with Gasteiger partial charge in [0, 0.05) is 4.47 Å². The molecule has 2 rings (SSSR count). The predicted molar refractivity (Wildman–Crippen MR) is 82.0 cm³/mol. The molecule has 0 radical (unpaired) electrons. The van der Waals surface area contributed by atoms with Gasteiger partial charge in [0.15, 0.2) is 0 Å². The quantitative estimate of drug-likeness (QED) is 0.820. The van der Waals surface area contributed by atoms with Gasteiger partial charge in [0.2, 0.25) is 0 Å². The molecule has 0 saturated heterocycles. The van der Waals surface area contributed by atoms with E-state index in [1.54, 1.807) is 24.3 Å². The van der Waals surface area contributed by atoms with Crippen LogP contribution in [0.2, 0.25) is 0 Å². The Balaban J connectivity index is 2.09. The number of amides is 2. The molecule has 0 spiro atoms. The summed E-state index contributed by atoms with van der Waals surface area (Å²) in [6, 6.07) is 10.3. The third-order valence-corrected chi connectivity index (χ3v) is 3.51. The maximum Gasteiger partial charge on any atom is 0.273 e. The fourth-order valence-corrected chi connectivity index (χ4v) is 2.22. The molecule has 0 aliphatic rings. The average molecular weight is 367 g/mol. The van der Waals surface area contributed by atoms with Crippen LogP contribution in [-0.4, -0.2) is 18.9 Å². The molecule has 2 N–H and O–H groups in total. The smallest absolute Gasteiger partial charge is 0.273 e. The zero-order chi connectivity index (χ0) is 16.1. The summed E-state index contributed by atoms with van der Waals surface area (Å²) >= 11 is 3.24. The first-order chi connectivity index (χ1) is 10.5. The van der Waals surface area contributed by atoms with Gasteiger partial charge in [0.1, 0.15) is 11.6 Å². The summed E-state index contributed by atoms with van der Waals surface area (Å²) in [4.78, 5) is 24.0. The highest BCUT2D eigenvalue weighted by Gasteiger charge is 2.15. The minimum absolute atomic E-state index is 0.0186. The number of hydrogen-bond acceptors (Lipinski definition) is 3. The highest BCUT2D eigenvalue weighted by molar-refractivity contribution is 9.10. The van der Waals surface area contributed by atoms with E-state index in [0.717, 1.165) is 6.07 Å². The van der Waals surface area contributed by atoms with Gasteiger partial charge in [-0.2, -0.15) is 0 Å². The Labute approximate surface area is 134 Å². The first kappa shape index (κ1) is 16.0. The number of carbonyl (C=O) groups excluding carboxylic acids is 2. The topological polar surface area (TPSA) is 67.4 Å². The van der Waals surface area contributed by atoms with E-state index in [1.807, 2.05) is 0 Å². The van der Waals surface area contributed by atoms with Gasteiger partial charge in [-0.15, -0.1) is 0 Å². The van der Waals surface area contributed by atoms with Crippen molar-refractivity contribution in [1.82, 2.24) is 10.9 Å². The van der Waals surface area contributed by atoms with E-state index in [0.29, 0.717) is 10.0 Å². The molecule has 0 fully saturated rings. The van der Waals surface area contributed by atoms with Gasteiger partial charge in [-0.25, -0.2) is 4.39 Å². The normalized spacial score (nSPS) is 9.95. The van der Waals surface area contributed by atoms with Gasteiger partial charge in [0.05, 0.1) is 18.2 Å². The second-order valence-electron chi connectivity index (χ2n) is 4.23. The second kappa shape index (κ2) is 7.04. The zero-order valence-corrected chi connectivity index (χ0v) is 13.1. The number of benzene rings is 2. The fraction of sp³-hybridized carbons (Fsp3) is 0.0667. The van der Waals surface area contributed by atoms with E-state index >= 15 is 0 Å². The minimum Gasteiger partial charge on any atom is -0.496 e. The van der Waals surface area contributed by atoms with Crippen molar-refractivity contribution in [1.29, 1.82) is 0 Å². The highest BCUT2D eigenvalue weighted by Crippen LogP contribution is 2.19. The van der Waals surface area contributed by atoms with Crippen LogP contribution in [-0.2, 0) is 0 Å². The Morgan fingerprint density at radius 3 is 2.32 bits per heavy atom. The Kier molecular flexibility index (Phi) is 5.11. The van der Waals surface area contributed by atoms with Crippen molar-refractivity contribution in [2.75, 3.05) is 7.11 Å². The third kappa shape index (κ3) is 3.62. The molecule has 0 aliphatic heterocycles. The summed E-state index contributed by atoms with van der Waals surface area (Å²) < 4.78 is 18.8. The van der Waals surface area contributed by atoms with Gasteiger partial charge in [0.25, 0.3) is 11.8 Å². The van der Waals surface area contributed by atoms with Crippen LogP contribution in [0.15, 0.2) is 46.9 Å². The lowest BCUT2D eigenvalue weighted by molar-refractivity contribution is 0.0844. The molecular weight excluding hydrogens is 355 g/mol. The van der Waals surface area contributed by atoms with Crippen LogP contribution in [0.5, 0.6) is 5.75 Å². The number of hydrazine groups is 1. The summed E-state index contributed by atoms with van der Waals surface area (Å²) in [5.41, 5.74) is 4.82. The maximum atomic E-state index is 13.2. The lowest BCUT2D eigenvalue weighted by atomic mass is 10.2. The molecule has 0 aromatic heterocycles. The van der Waals surface area contributed by atoms with Crippen LogP contribution in [0.4, 0.5) is 4.39 Å². The molecule has 5 nitrogen and oxygen atoms in total. The van der Waals surface area contributed by atoms with Crippen molar-refractivity contribution in [3.63, 3.8) is 0 Å². The molecule has 0 aliphatic carbocycles. The van der Waals surface area contributed by atoms with Crippen molar-refractivity contribution < 1.29 is 18.7 Å². The van der Waals surface area contributed by atoms with Gasteiger partial charge in [-0.05, 0) is 46.3 Å². The number of ether oxygens (including phenoxy) is 1. The van der Waals surface area contributed by atoms with Crippen molar-refractivity contribution in [2.24, 2.45) is 0 Å². The number of halogens is 2. The Hall–Kier alpha value is -2.41. The molecular formula is C15H12BrFN2O3. The van der Waals surface area contributed by atoms with Crippen LogP contribution >= 0.6 is 15.9 Å². The molecule has 0 heterocycles. The highest BCUT2D eigenvalue weighted by atomic mass is 79.9. The van der Waals surface area contributed by atoms with E-state index in [-0.39, 0.29) is 11.3 Å². The summed E-state index contributed by atoms with van der Waals surface area (Å²) in [6.45, 7) is 0. The Morgan fingerprint density at radius 2 is 1.68 bits per heavy atom. The van der Waals surface area contributed by atoms with Crippen LogP contribution in [0.25, 0.3) is 0 Å². The lowest BCUT2D eigenvalue weighted by Crippen LogP contribution is -2.41. The van der Waals surface area contributed by atoms with Gasteiger partial charge in [-0.1, -0.05) is 12.1 Å². The number of nitrogens with one attached hydrogen (secondary N) is 2. The van der Waals surface area contributed by atoms with Crippen LogP contribution in [0.1, 0.15) is 20.7 Å². The lowest BCUT2D eigenvalue weighted by Gasteiger charge is -2.11. The molecule has 2 amide bonds. The third-order valence-electron chi connectivity index (χ3n) is 2.81. The zero-order valence-electron chi connectivity index (χ0n) is 11.5. The molecule has 0 bridgehead atoms. The molecule has 0 atom stereocenters. The van der Waals surface area contributed by atoms with Crippen molar-refractivity contribution >= 4 is 27.7 Å². The SMILES string of the molecule is COc1ccc(F)cc1C(=O)NNC(=O)c1ccccc1Br. The summed E-state index contributed by atoms with van der Waals surface area (Å²) in [5.74, 6) is -1.56. The Bertz CT molecular complexity index is 722. The second-order valence-corrected chi connectivity index (χ2v) is 5.09. The van der Waals surface area contributed by atoms with Crippen molar-refractivity contribution in [3.05, 3.63) is 63.9 Å². The summed E-state index contributed by atoms with van der Waals surface area (Å²) in [5, 5.41) is 0. The molecule has 0 unspecified atom stereocenters. The first-order valence-electron chi connectivity index (χ1n) is 6.21. The number of carbonyl (C=O) groups is 2. The van der Waals surface area contributed by atoms with Gasteiger partial charge >= 0.3 is 0 Å². The Morgan fingerprint density at radius 1 is 1.05 bits per heavy atom. The number of methoxy groups -OCH3 is 1. The maximum absolute atomic E-state index is 13.2. The van der Waals surface area contributed by atoms with E-state index < -0.39 is 17.6 Å². The summed E-state index contributed by atoms with van der Waals surface area (Å²) in [7, 11) is 1.36. The van der Waals surface area contributed by atoms with Crippen LogP contribution in [0.3, 0.4) is 0 Å². The molecule has 7 heteroatoms. The van der Waals surface area contributed by atoms with E-state index in [1.165, 1.54) is 19.2 Å². The fourth-order valence-electron chi connectivity index (χ4n) is 1.75. The predicted octanol–water partition coefficient (Wildman–Crippen LogP) is 2.67. The van der Waals surface area contributed by atoms with Crippen LogP contribution < -0.4 is 15.6 Å². The molecule has 22 heavy (non-hydrogen) atoms. The molecule has 0 saturated carbocycles. The van der Waals surface area contributed by atoms with Crippen molar-refractivity contribution in [2.45, 2.75) is 0 Å². The van der Waals surface area contributed by atoms with E-state index in [2.05, 4.69) is 26.8 Å². The number of rotatable bonds is 3. The van der Waals surface area contributed by atoms with Crippen LogP contribution in [0, 0.1) is 5.82 Å². The molecule has 2 aromatic carbocycles. The first-order valence-corrected chi connectivity index (χ1v) is 7.01. The number of hydrogen-bond donors (Lipinski definition) is 2. The van der Waals surface area contributed by atoms with E-state index in [9.17, 15) is 14.0 Å². The van der Waals surface area contributed by atoms with E-state index in [4.69, 9.17) is 4.74 Å². The standard InChI is InChI=1S/C15H12BrFN2O3/c1-22-13-7-6-9(17)8-11(13)15(21)19-18-14(20)10-4-2-3-5-12(10)16/h2-8H,1H3,(H,18,20)(H,19,21). The molecule has 114 valence electrons. The van der Waals surface area contributed by atoms with Gasteiger partial charge < -0.3 is 4.74 Å². The largest absolute Gasteiger partial charge is 0.496 e. The molecule has 2 aromatic rings.